The number of rotatable bonds is 14. The molecule has 6 nitrogen and oxygen atoms in total. The van der Waals surface area contributed by atoms with E-state index in [-0.39, 0.29) is 17.6 Å². The number of para-hydroxylation sites is 2. The van der Waals surface area contributed by atoms with Gasteiger partial charge in [0.25, 0.3) is 0 Å². The van der Waals surface area contributed by atoms with Crippen molar-refractivity contribution in [3.63, 3.8) is 0 Å². The first-order valence-corrected chi connectivity index (χ1v) is 11.0. The van der Waals surface area contributed by atoms with Crippen LogP contribution in [-0.4, -0.2) is 65.1 Å². The van der Waals surface area contributed by atoms with Crippen LogP contribution in [0.5, 0.6) is 11.5 Å². The van der Waals surface area contributed by atoms with E-state index in [2.05, 4.69) is 26.0 Å². The molecule has 31 heavy (non-hydrogen) atoms. The maximum atomic E-state index is 6.09. The van der Waals surface area contributed by atoms with Gasteiger partial charge in [-0.3, -0.25) is 0 Å². The van der Waals surface area contributed by atoms with E-state index in [0.29, 0.717) is 39.6 Å². The van der Waals surface area contributed by atoms with Crippen LogP contribution in [0.3, 0.4) is 0 Å². The van der Waals surface area contributed by atoms with E-state index in [1.54, 1.807) is 0 Å². The van der Waals surface area contributed by atoms with E-state index in [4.69, 9.17) is 28.4 Å². The summed E-state index contributed by atoms with van der Waals surface area (Å²) < 4.78 is 33.7. The molecule has 2 aromatic carbocycles. The van der Waals surface area contributed by atoms with Crippen LogP contribution in [0.1, 0.15) is 25.0 Å². The molecular formula is C25H32O6. The second-order valence-corrected chi connectivity index (χ2v) is 8.37. The van der Waals surface area contributed by atoms with Gasteiger partial charge in [-0.15, -0.1) is 0 Å². The van der Waals surface area contributed by atoms with Gasteiger partial charge in [-0.1, -0.05) is 50.2 Å². The first-order chi connectivity index (χ1) is 15.1. The molecule has 0 aliphatic carbocycles. The topological polar surface area (TPSA) is 62.0 Å². The average molecular weight is 429 g/mol. The quantitative estimate of drug-likeness (QED) is 0.338. The van der Waals surface area contributed by atoms with E-state index >= 15 is 0 Å². The molecular weight excluding hydrogens is 396 g/mol. The summed E-state index contributed by atoms with van der Waals surface area (Å²) in [4.78, 5) is 0. The largest absolute Gasteiger partial charge is 0.491 e. The second kappa shape index (κ2) is 10.5. The van der Waals surface area contributed by atoms with Crippen LogP contribution >= 0.6 is 0 Å². The minimum Gasteiger partial charge on any atom is -0.491 e. The predicted molar refractivity (Wildman–Crippen MR) is 117 cm³/mol. The predicted octanol–water partition coefficient (Wildman–Crippen LogP) is 3.60. The molecule has 2 fully saturated rings. The normalized spacial score (nSPS) is 19.8. The lowest BCUT2D eigenvalue weighted by Gasteiger charge is -2.30. The molecule has 168 valence electrons. The number of ether oxygens (including phenoxy) is 6. The average Bonchev–Trinajstić information content (AvgIpc) is 3.69. The van der Waals surface area contributed by atoms with E-state index in [1.165, 1.54) is 0 Å². The summed E-state index contributed by atoms with van der Waals surface area (Å²) in [6, 6.07) is 16.3. The summed E-state index contributed by atoms with van der Waals surface area (Å²) in [6.45, 7) is 9.36. The van der Waals surface area contributed by atoms with Crippen molar-refractivity contribution >= 4 is 0 Å². The molecule has 0 radical (unpaired) electrons. The number of hydrogen-bond acceptors (Lipinski definition) is 6. The molecule has 0 saturated carbocycles. The fourth-order valence-electron chi connectivity index (χ4n) is 3.54. The lowest BCUT2D eigenvalue weighted by Crippen LogP contribution is -2.22. The zero-order chi connectivity index (χ0) is 21.5. The number of benzene rings is 2. The Labute approximate surface area is 184 Å². The van der Waals surface area contributed by atoms with Crippen molar-refractivity contribution in [2.75, 3.05) is 52.9 Å². The van der Waals surface area contributed by atoms with Gasteiger partial charge in [0.1, 0.15) is 36.9 Å². The highest BCUT2D eigenvalue weighted by Gasteiger charge is 2.30. The molecule has 2 aliphatic heterocycles. The van der Waals surface area contributed by atoms with Crippen molar-refractivity contribution in [2.45, 2.75) is 31.5 Å². The van der Waals surface area contributed by atoms with Crippen LogP contribution < -0.4 is 9.47 Å². The van der Waals surface area contributed by atoms with Gasteiger partial charge in [0, 0.05) is 16.5 Å². The molecule has 4 rings (SSSR count). The number of epoxide rings is 2. The lowest BCUT2D eigenvalue weighted by molar-refractivity contribution is 0.0867. The third-order valence-corrected chi connectivity index (χ3v) is 5.50. The van der Waals surface area contributed by atoms with Gasteiger partial charge in [0.05, 0.1) is 39.6 Å². The molecule has 2 aromatic rings. The van der Waals surface area contributed by atoms with Gasteiger partial charge in [-0.25, -0.2) is 0 Å². The molecule has 0 spiro atoms. The van der Waals surface area contributed by atoms with Crippen LogP contribution in [-0.2, 0) is 24.4 Å². The Bertz CT molecular complexity index is 761. The lowest BCUT2D eigenvalue weighted by atomic mass is 9.77. The SMILES string of the molecule is CC(C)(c1ccccc1OCCOCC1CO1)c1ccccc1OCCOCC1CO1. The summed E-state index contributed by atoms with van der Waals surface area (Å²) in [5, 5.41) is 0. The van der Waals surface area contributed by atoms with E-state index in [0.717, 1.165) is 35.8 Å². The molecule has 6 heteroatoms. The van der Waals surface area contributed by atoms with Gasteiger partial charge >= 0.3 is 0 Å². The van der Waals surface area contributed by atoms with Gasteiger partial charge in [0.15, 0.2) is 0 Å². The van der Waals surface area contributed by atoms with Gasteiger partial charge in [0.2, 0.25) is 0 Å². The highest BCUT2D eigenvalue weighted by Crippen LogP contribution is 2.41. The van der Waals surface area contributed by atoms with E-state index in [1.807, 2.05) is 36.4 Å². The first-order valence-electron chi connectivity index (χ1n) is 11.0. The van der Waals surface area contributed by atoms with Gasteiger partial charge in [-0.2, -0.15) is 0 Å². The molecule has 2 unspecified atom stereocenters. The van der Waals surface area contributed by atoms with E-state index < -0.39 is 0 Å². The minimum atomic E-state index is -0.307. The Hall–Kier alpha value is -2.12. The van der Waals surface area contributed by atoms with Crippen molar-refractivity contribution < 1.29 is 28.4 Å². The van der Waals surface area contributed by atoms with Crippen LogP contribution in [0.25, 0.3) is 0 Å². The fraction of sp³-hybridized carbons (Fsp3) is 0.520. The Kier molecular flexibility index (Phi) is 7.45. The van der Waals surface area contributed by atoms with Crippen molar-refractivity contribution in [3.05, 3.63) is 59.7 Å². The summed E-state index contributed by atoms with van der Waals surface area (Å²) in [5.41, 5.74) is 1.91. The summed E-state index contributed by atoms with van der Waals surface area (Å²) in [7, 11) is 0. The standard InChI is InChI=1S/C25H32O6/c1-25(2,21-7-3-5-9-23(21)28-13-11-26-15-19-17-30-19)22-8-4-6-10-24(22)29-14-12-27-16-20-18-31-20/h3-10,19-20H,11-18H2,1-2H3. The summed E-state index contributed by atoms with van der Waals surface area (Å²) in [5.74, 6) is 1.72. The van der Waals surface area contributed by atoms with E-state index in [9.17, 15) is 0 Å². The second-order valence-electron chi connectivity index (χ2n) is 8.37. The molecule has 2 atom stereocenters. The Morgan fingerprint density at radius 1 is 0.710 bits per heavy atom. The zero-order valence-corrected chi connectivity index (χ0v) is 18.4. The third kappa shape index (κ3) is 6.43. The number of hydrogen-bond donors (Lipinski definition) is 0. The van der Waals surface area contributed by atoms with Crippen LogP contribution in [0, 0.1) is 0 Å². The van der Waals surface area contributed by atoms with Crippen molar-refractivity contribution in [2.24, 2.45) is 0 Å². The molecule has 2 saturated heterocycles. The zero-order valence-electron chi connectivity index (χ0n) is 18.4. The van der Waals surface area contributed by atoms with Crippen molar-refractivity contribution in [3.8, 4) is 11.5 Å². The Morgan fingerprint density at radius 3 is 1.55 bits per heavy atom. The van der Waals surface area contributed by atoms with Gasteiger partial charge < -0.3 is 28.4 Å². The molecule has 0 amide bonds. The Balaban J connectivity index is 1.38. The summed E-state index contributed by atoms with van der Waals surface area (Å²) >= 11 is 0. The first kappa shape index (κ1) is 22.1. The monoisotopic (exact) mass is 428 g/mol. The van der Waals surface area contributed by atoms with Gasteiger partial charge in [-0.05, 0) is 12.1 Å². The maximum Gasteiger partial charge on any atom is 0.123 e. The van der Waals surface area contributed by atoms with Crippen LogP contribution in [0.2, 0.25) is 0 Å². The molecule has 0 aromatic heterocycles. The minimum absolute atomic E-state index is 0.273. The van der Waals surface area contributed by atoms with Crippen molar-refractivity contribution in [1.82, 2.24) is 0 Å². The third-order valence-electron chi connectivity index (χ3n) is 5.50. The van der Waals surface area contributed by atoms with Crippen LogP contribution in [0.4, 0.5) is 0 Å². The highest BCUT2D eigenvalue weighted by molar-refractivity contribution is 5.50. The highest BCUT2D eigenvalue weighted by atomic mass is 16.6. The molecule has 0 N–H and O–H groups in total. The summed E-state index contributed by atoms with van der Waals surface area (Å²) in [6.07, 6.45) is 0.547. The maximum absolute atomic E-state index is 6.09. The van der Waals surface area contributed by atoms with Crippen LogP contribution in [0.15, 0.2) is 48.5 Å². The molecule has 2 aliphatic rings. The fourth-order valence-corrected chi connectivity index (χ4v) is 3.54. The molecule has 0 bridgehead atoms. The smallest absolute Gasteiger partial charge is 0.123 e. The Morgan fingerprint density at radius 2 is 1.13 bits per heavy atom. The molecule has 2 heterocycles. The van der Waals surface area contributed by atoms with Crippen molar-refractivity contribution in [1.29, 1.82) is 0 Å².